The first kappa shape index (κ1) is 19.9. The van der Waals surface area contributed by atoms with Crippen molar-refractivity contribution in [2.45, 2.75) is 52.0 Å². The van der Waals surface area contributed by atoms with Gasteiger partial charge in [-0.05, 0) is 52.0 Å². The zero-order chi connectivity index (χ0) is 19.4. The highest BCUT2D eigenvalue weighted by Crippen LogP contribution is 2.46. The molecular formula is C22H33N5. The van der Waals surface area contributed by atoms with Crippen molar-refractivity contribution in [2.75, 3.05) is 32.7 Å². The molecule has 0 aromatic carbocycles. The Hall–Kier alpha value is -1.90. The molecule has 1 saturated carbocycles. The summed E-state index contributed by atoms with van der Waals surface area (Å²) in [5.41, 5.74) is 2.44. The van der Waals surface area contributed by atoms with Crippen LogP contribution in [0.5, 0.6) is 0 Å². The van der Waals surface area contributed by atoms with Crippen LogP contribution < -0.4 is 0 Å². The Kier molecular flexibility index (Phi) is 6.18. The van der Waals surface area contributed by atoms with Gasteiger partial charge >= 0.3 is 0 Å². The molecule has 5 nitrogen and oxygen atoms in total. The Morgan fingerprint density at radius 3 is 2.41 bits per heavy atom. The number of piperazine rings is 1. The lowest BCUT2D eigenvalue weighted by Gasteiger charge is -2.49. The van der Waals surface area contributed by atoms with E-state index in [4.69, 9.17) is 10.3 Å². The van der Waals surface area contributed by atoms with Gasteiger partial charge in [0.05, 0.1) is 11.6 Å². The lowest BCUT2D eigenvalue weighted by atomic mass is 9.99. The lowest BCUT2D eigenvalue weighted by Crippen LogP contribution is -2.62. The van der Waals surface area contributed by atoms with Crippen molar-refractivity contribution in [3.8, 4) is 6.07 Å². The number of aliphatic imine (C=N–C) groups is 1. The fourth-order valence-electron chi connectivity index (χ4n) is 4.41. The normalized spacial score (nSPS) is 25.2. The molecule has 1 aliphatic carbocycles. The monoisotopic (exact) mass is 367 g/mol. The van der Waals surface area contributed by atoms with Crippen LogP contribution in [0.25, 0.3) is 0 Å². The van der Waals surface area contributed by atoms with Crippen molar-refractivity contribution in [1.82, 2.24) is 14.9 Å². The molecule has 3 fully saturated rings. The average molecular weight is 368 g/mol. The molecule has 1 spiro atoms. The quantitative estimate of drug-likeness (QED) is 0.548. The van der Waals surface area contributed by atoms with Crippen molar-refractivity contribution in [3.05, 3.63) is 35.7 Å². The predicted octanol–water partition coefficient (Wildman–Crippen LogP) is 3.74. The molecule has 0 aromatic heterocycles. The minimum Gasteiger partial charge on any atom is -0.353 e. The van der Waals surface area contributed by atoms with Gasteiger partial charge in [0.25, 0.3) is 0 Å². The number of nitrogens with zero attached hydrogens (tertiary/aromatic N) is 5. The first-order valence-corrected chi connectivity index (χ1v) is 10.2. The van der Waals surface area contributed by atoms with E-state index in [9.17, 15) is 0 Å². The van der Waals surface area contributed by atoms with Crippen molar-refractivity contribution in [1.29, 1.82) is 5.26 Å². The van der Waals surface area contributed by atoms with Gasteiger partial charge in [0, 0.05) is 50.4 Å². The van der Waals surface area contributed by atoms with E-state index in [1.54, 1.807) is 0 Å². The number of hydrogen-bond acceptors (Lipinski definition) is 5. The van der Waals surface area contributed by atoms with Crippen LogP contribution in [-0.4, -0.2) is 59.4 Å². The van der Waals surface area contributed by atoms with E-state index >= 15 is 0 Å². The van der Waals surface area contributed by atoms with Gasteiger partial charge in [-0.15, -0.1) is 0 Å². The van der Waals surface area contributed by atoms with Crippen LogP contribution in [0.15, 0.2) is 40.7 Å². The van der Waals surface area contributed by atoms with Crippen molar-refractivity contribution in [2.24, 2.45) is 10.9 Å². The zero-order valence-electron chi connectivity index (χ0n) is 17.1. The minimum atomic E-state index is 0.241. The van der Waals surface area contributed by atoms with E-state index in [2.05, 4.69) is 46.6 Å². The third kappa shape index (κ3) is 4.17. The molecule has 2 aliphatic heterocycles. The number of piperidine rings is 1. The smallest absolute Gasteiger partial charge is 0.135 e. The minimum absolute atomic E-state index is 0.241. The van der Waals surface area contributed by atoms with E-state index in [0.29, 0.717) is 0 Å². The number of hydrogen-bond donors (Lipinski definition) is 0. The van der Waals surface area contributed by atoms with Gasteiger partial charge in [0.1, 0.15) is 5.82 Å². The topological polar surface area (TPSA) is 45.9 Å². The highest BCUT2D eigenvalue weighted by Gasteiger charge is 2.53. The molecule has 0 N–H and O–H groups in total. The van der Waals surface area contributed by atoms with Crippen molar-refractivity contribution >= 4 is 6.21 Å². The summed E-state index contributed by atoms with van der Waals surface area (Å²) in [5, 5.41) is 14.3. The second-order valence-electron chi connectivity index (χ2n) is 8.03. The van der Waals surface area contributed by atoms with Crippen LogP contribution >= 0.6 is 0 Å². The molecule has 0 aromatic rings. The Morgan fingerprint density at radius 1 is 1.19 bits per heavy atom. The van der Waals surface area contributed by atoms with Gasteiger partial charge in [-0.25, -0.2) is 15.0 Å². The summed E-state index contributed by atoms with van der Waals surface area (Å²) in [7, 11) is 0. The van der Waals surface area contributed by atoms with Gasteiger partial charge < -0.3 is 4.90 Å². The predicted molar refractivity (Wildman–Crippen MR) is 111 cm³/mol. The molecule has 2 heterocycles. The summed E-state index contributed by atoms with van der Waals surface area (Å²) < 4.78 is 0. The maximum atomic E-state index is 9.17. The molecule has 2 saturated heterocycles. The van der Waals surface area contributed by atoms with Crippen LogP contribution in [0, 0.1) is 17.2 Å². The van der Waals surface area contributed by atoms with E-state index in [-0.39, 0.29) is 11.5 Å². The Balaban J connectivity index is 1.78. The van der Waals surface area contributed by atoms with Gasteiger partial charge in [-0.2, -0.15) is 5.26 Å². The third-order valence-electron chi connectivity index (χ3n) is 6.02. The first-order chi connectivity index (χ1) is 13.0. The van der Waals surface area contributed by atoms with Gasteiger partial charge in [0.15, 0.2) is 0 Å². The lowest BCUT2D eigenvalue weighted by molar-refractivity contribution is -0.115. The third-order valence-corrected chi connectivity index (χ3v) is 6.02. The molecule has 0 atom stereocenters. The van der Waals surface area contributed by atoms with Gasteiger partial charge in [0.2, 0.25) is 0 Å². The SMILES string of the molecule is C=C(C)C(/C=C\C)=C(\N=CC)N1CCN(N2CCC(C#N)CC2)C2(CC2)C1. The Bertz CT molecular complexity index is 684. The Morgan fingerprint density at radius 2 is 1.89 bits per heavy atom. The first-order valence-electron chi connectivity index (χ1n) is 10.2. The molecule has 0 amide bonds. The molecule has 5 heteroatoms. The van der Waals surface area contributed by atoms with Crippen LogP contribution in [0.3, 0.4) is 0 Å². The second kappa shape index (κ2) is 8.41. The molecule has 27 heavy (non-hydrogen) atoms. The van der Waals surface area contributed by atoms with Crippen molar-refractivity contribution < 1.29 is 0 Å². The molecular weight excluding hydrogens is 334 g/mol. The summed E-state index contributed by atoms with van der Waals surface area (Å²) >= 11 is 0. The maximum Gasteiger partial charge on any atom is 0.135 e. The number of nitriles is 1. The molecule has 3 rings (SSSR count). The molecule has 0 bridgehead atoms. The number of hydrazine groups is 1. The number of rotatable bonds is 5. The van der Waals surface area contributed by atoms with Crippen LogP contribution in [0.1, 0.15) is 46.5 Å². The molecule has 0 radical (unpaired) electrons. The summed E-state index contributed by atoms with van der Waals surface area (Å²) in [6.07, 6.45) is 10.6. The summed E-state index contributed by atoms with van der Waals surface area (Å²) in [5.74, 6) is 1.29. The van der Waals surface area contributed by atoms with Crippen LogP contribution in [0.4, 0.5) is 0 Å². The highest BCUT2D eigenvalue weighted by atomic mass is 15.7. The Labute approximate surface area is 164 Å². The van der Waals surface area contributed by atoms with Crippen LogP contribution in [0.2, 0.25) is 0 Å². The standard InChI is InChI=1S/C22H33N5/c1-5-7-20(18(3)4)21(24-6-2)25-14-15-27(22(17-25)10-11-22)26-12-8-19(16-23)9-13-26/h5-7,19H,3,8-15,17H2,1-2,4H3/b7-5-,21-20+,24-6?. The highest BCUT2D eigenvalue weighted by molar-refractivity contribution is 5.57. The molecule has 3 aliphatic rings. The second-order valence-corrected chi connectivity index (χ2v) is 8.03. The van der Waals surface area contributed by atoms with E-state index < -0.39 is 0 Å². The van der Waals surface area contributed by atoms with Crippen molar-refractivity contribution in [3.63, 3.8) is 0 Å². The fraction of sp³-hybridized carbons (Fsp3) is 0.636. The van der Waals surface area contributed by atoms with Gasteiger partial charge in [-0.3, -0.25) is 0 Å². The summed E-state index contributed by atoms with van der Waals surface area (Å²) in [4.78, 5) is 7.19. The average Bonchev–Trinajstić information content (AvgIpc) is 3.44. The maximum absolute atomic E-state index is 9.17. The van der Waals surface area contributed by atoms with E-state index in [1.807, 2.05) is 20.1 Å². The fourth-order valence-corrected chi connectivity index (χ4v) is 4.41. The summed E-state index contributed by atoms with van der Waals surface area (Å²) in [6.45, 7) is 15.3. The van der Waals surface area contributed by atoms with E-state index in [0.717, 1.165) is 62.5 Å². The molecule has 0 unspecified atom stereocenters. The number of allylic oxidation sites excluding steroid dienone is 4. The zero-order valence-corrected chi connectivity index (χ0v) is 17.1. The van der Waals surface area contributed by atoms with E-state index in [1.165, 1.54) is 12.8 Å². The summed E-state index contributed by atoms with van der Waals surface area (Å²) in [6, 6.07) is 2.44. The van der Waals surface area contributed by atoms with Crippen LogP contribution in [-0.2, 0) is 0 Å². The van der Waals surface area contributed by atoms with Gasteiger partial charge in [-0.1, -0.05) is 18.7 Å². The molecule has 146 valence electrons. The largest absolute Gasteiger partial charge is 0.353 e.